The van der Waals surface area contributed by atoms with Gasteiger partial charge in [0.1, 0.15) is 18.0 Å². The third-order valence-corrected chi connectivity index (χ3v) is 5.97. The molecule has 1 aromatic carbocycles. The van der Waals surface area contributed by atoms with Crippen molar-refractivity contribution in [2.24, 2.45) is 5.92 Å². The van der Waals surface area contributed by atoms with Crippen molar-refractivity contribution in [3.8, 4) is 11.6 Å². The molecule has 34 heavy (non-hydrogen) atoms. The van der Waals surface area contributed by atoms with Crippen LogP contribution in [0.1, 0.15) is 38.2 Å². The van der Waals surface area contributed by atoms with E-state index in [9.17, 15) is 14.7 Å². The molecule has 1 unspecified atom stereocenters. The first kappa shape index (κ1) is 25.5. The van der Waals surface area contributed by atoms with E-state index in [1.165, 1.54) is 5.48 Å². The standard InChI is InChI=1S/C25H33N3O6/c1-2-33-19-11-9-18(10-12-19)6-5-7-21(23(29)24(30)27-32)25(31)28-16-13-20(14-17-28)34-22-8-3-4-15-26-22/h3-4,8-12,15,20-21,23,29,32H,2,5-7,13-14,16-17H2,1H3,(H,27,30)/t21?,23-/m0/s1. The molecule has 0 saturated carbocycles. The highest BCUT2D eigenvalue weighted by molar-refractivity contribution is 5.88. The Morgan fingerprint density at radius 2 is 1.91 bits per heavy atom. The minimum atomic E-state index is -1.62. The van der Waals surface area contributed by atoms with Crippen molar-refractivity contribution in [3.63, 3.8) is 0 Å². The van der Waals surface area contributed by atoms with Gasteiger partial charge in [-0.3, -0.25) is 14.8 Å². The zero-order chi connectivity index (χ0) is 24.3. The molecule has 2 heterocycles. The second-order valence-electron chi connectivity index (χ2n) is 8.31. The molecule has 0 radical (unpaired) electrons. The van der Waals surface area contributed by atoms with E-state index < -0.39 is 17.9 Å². The number of ether oxygens (including phenoxy) is 2. The van der Waals surface area contributed by atoms with Crippen molar-refractivity contribution in [2.45, 2.75) is 51.2 Å². The van der Waals surface area contributed by atoms with Crippen LogP contribution in [-0.4, -0.2) is 63.9 Å². The van der Waals surface area contributed by atoms with E-state index in [0.717, 1.165) is 11.3 Å². The van der Waals surface area contributed by atoms with Gasteiger partial charge in [-0.2, -0.15) is 0 Å². The lowest BCUT2D eigenvalue weighted by Gasteiger charge is -2.35. The van der Waals surface area contributed by atoms with Crippen molar-refractivity contribution in [3.05, 3.63) is 54.2 Å². The van der Waals surface area contributed by atoms with Gasteiger partial charge in [-0.1, -0.05) is 18.2 Å². The smallest absolute Gasteiger partial charge is 0.272 e. The molecule has 1 fully saturated rings. The van der Waals surface area contributed by atoms with Crippen molar-refractivity contribution in [2.75, 3.05) is 19.7 Å². The topological polar surface area (TPSA) is 121 Å². The fourth-order valence-corrected chi connectivity index (χ4v) is 4.13. The maximum atomic E-state index is 13.2. The summed E-state index contributed by atoms with van der Waals surface area (Å²) in [5.41, 5.74) is 2.54. The van der Waals surface area contributed by atoms with Gasteiger partial charge >= 0.3 is 0 Å². The van der Waals surface area contributed by atoms with Crippen molar-refractivity contribution in [1.82, 2.24) is 15.4 Å². The SMILES string of the molecule is CCOc1ccc(CCCC(C(=O)N2CCC(Oc3ccccn3)CC2)[C@H](O)C(=O)NO)cc1. The fraction of sp³-hybridized carbons (Fsp3) is 0.480. The minimum Gasteiger partial charge on any atom is -0.494 e. The van der Waals surface area contributed by atoms with Crippen LogP contribution in [0.2, 0.25) is 0 Å². The highest BCUT2D eigenvalue weighted by Gasteiger charge is 2.36. The van der Waals surface area contributed by atoms with Gasteiger partial charge in [0.2, 0.25) is 11.8 Å². The molecule has 0 aliphatic carbocycles. The van der Waals surface area contributed by atoms with E-state index in [1.54, 1.807) is 17.2 Å². The van der Waals surface area contributed by atoms with E-state index >= 15 is 0 Å². The largest absolute Gasteiger partial charge is 0.494 e. The summed E-state index contributed by atoms with van der Waals surface area (Å²) in [4.78, 5) is 31.0. The van der Waals surface area contributed by atoms with E-state index in [-0.39, 0.29) is 12.0 Å². The zero-order valence-corrected chi connectivity index (χ0v) is 19.4. The average molecular weight is 472 g/mol. The van der Waals surface area contributed by atoms with Crippen LogP contribution in [-0.2, 0) is 16.0 Å². The fourth-order valence-electron chi connectivity index (χ4n) is 4.13. The number of benzene rings is 1. The van der Waals surface area contributed by atoms with Crippen molar-refractivity contribution in [1.29, 1.82) is 0 Å². The van der Waals surface area contributed by atoms with Crippen molar-refractivity contribution < 1.29 is 29.4 Å². The van der Waals surface area contributed by atoms with Gasteiger partial charge in [-0.25, -0.2) is 10.5 Å². The molecule has 0 bridgehead atoms. The highest BCUT2D eigenvalue weighted by Crippen LogP contribution is 2.23. The van der Waals surface area contributed by atoms with Gasteiger partial charge in [0.15, 0.2) is 0 Å². The van der Waals surface area contributed by atoms with Gasteiger partial charge in [0.05, 0.1) is 12.5 Å². The van der Waals surface area contributed by atoms with Crippen LogP contribution < -0.4 is 15.0 Å². The van der Waals surface area contributed by atoms with Crippen LogP contribution in [0.15, 0.2) is 48.7 Å². The number of rotatable bonds is 11. The molecule has 1 aromatic heterocycles. The number of hydroxylamine groups is 1. The first-order valence-electron chi connectivity index (χ1n) is 11.7. The number of carbonyl (C=O) groups excluding carboxylic acids is 2. The average Bonchev–Trinajstić information content (AvgIpc) is 2.87. The lowest BCUT2D eigenvalue weighted by atomic mass is 9.91. The Hall–Kier alpha value is -3.17. The lowest BCUT2D eigenvalue weighted by Crippen LogP contribution is -2.49. The number of nitrogens with one attached hydrogen (secondary N) is 1. The zero-order valence-electron chi connectivity index (χ0n) is 19.4. The molecule has 1 aliphatic heterocycles. The van der Waals surface area contributed by atoms with E-state index in [4.69, 9.17) is 14.7 Å². The number of aryl methyl sites for hydroxylation is 1. The summed E-state index contributed by atoms with van der Waals surface area (Å²) in [6.45, 7) is 3.44. The molecule has 2 amide bonds. The third-order valence-electron chi connectivity index (χ3n) is 5.97. The van der Waals surface area contributed by atoms with Gasteiger partial charge in [0, 0.05) is 38.2 Å². The van der Waals surface area contributed by atoms with Crippen molar-refractivity contribution >= 4 is 11.8 Å². The molecule has 1 saturated heterocycles. The maximum absolute atomic E-state index is 13.2. The van der Waals surface area contributed by atoms with Crippen LogP contribution >= 0.6 is 0 Å². The summed E-state index contributed by atoms with van der Waals surface area (Å²) in [5, 5.41) is 19.4. The molecular formula is C25H33N3O6. The Morgan fingerprint density at radius 1 is 1.18 bits per heavy atom. The Morgan fingerprint density at radius 3 is 2.53 bits per heavy atom. The number of aliphatic hydroxyl groups excluding tert-OH is 1. The van der Waals surface area contributed by atoms with Crippen LogP contribution in [0.25, 0.3) is 0 Å². The number of piperidine rings is 1. The maximum Gasteiger partial charge on any atom is 0.272 e. The highest BCUT2D eigenvalue weighted by atomic mass is 16.5. The summed E-state index contributed by atoms with van der Waals surface area (Å²) in [6, 6.07) is 13.2. The number of carbonyl (C=O) groups is 2. The summed E-state index contributed by atoms with van der Waals surface area (Å²) >= 11 is 0. The monoisotopic (exact) mass is 471 g/mol. The van der Waals surface area contributed by atoms with Crippen LogP contribution in [0, 0.1) is 5.92 Å². The molecule has 1 aliphatic rings. The number of amides is 2. The Bertz CT molecular complexity index is 901. The van der Waals surface area contributed by atoms with Crippen LogP contribution in [0.5, 0.6) is 11.6 Å². The first-order chi connectivity index (χ1) is 16.5. The second-order valence-corrected chi connectivity index (χ2v) is 8.31. The lowest BCUT2D eigenvalue weighted by molar-refractivity contribution is -0.151. The number of aliphatic hydroxyl groups is 1. The van der Waals surface area contributed by atoms with Gasteiger partial charge in [0.25, 0.3) is 5.91 Å². The van der Waals surface area contributed by atoms with E-state index in [0.29, 0.717) is 57.7 Å². The molecule has 2 aromatic rings. The quantitative estimate of drug-likeness (QED) is 0.340. The van der Waals surface area contributed by atoms with Gasteiger partial charge in [-0.15, -0.1) is 0 Å². The summed E-state index contributed by atoms with van der Waals surface area (Å²) in [6.07, 6.45) is 2.84. The number of aromatic nitrogens is 1. The first-order valence-corrected chi connectivity index (χ1v) is 11.7. The Balaban J connectivity index is 1.55. The number of likely N-dealkylation sites (tertiary alicyclic amines) is 1. The molecule has 3 N–H and O–H groups in total. The molecule has 184 valence electrons. The molecule has 9 heteroatoms. The third kappa shape index (κ3) is 7.16. The van der Waals surface area contributed by atoms with E-state index in [2.05, 4.69) is 4.98 Å². The minimum absolute atomic E-state index is 0.0530. The Labute approximate surface area is 199 Å². The molecular weight excluding hydrogens is 438 g/mol. The number of hydrogen-bond donors (Lipinski definition) is 3. The van der Waals surface area contributed by atoms with Crippen LogP contribution in [0.3, 0.4) is 0 Å². The Kier molecular flexibility index (Phi) is 9.66. The predicted molar refractivity (Wildman–Crippen MR) is 124 cm³/mol. The van der Waals surface area contributed by atoms with Gasteiger partial charge < -0.3 is 19.5 Å². The summed E-state index contributed by atoms with van der Waals surface area (Å²) in [5.74, 6) is -0.866. The predicted octanol–water partition coefficient (Wildman–Crippen LogP) is 2.36. The number of pyridine rings is 1. The normalized spacial score (nSPS) is 15.9. The summed E-state index contributed by atoms with van der Waals surface area (Å²) in [7, 11) is 0. The van der Waals surface area contributed by atoms with Gasteiger partial charge in [-0.05, 0) is 49.9 Å². The number of hydrogen-bond acceptors (Lipinski definition) is 7. The van der Waals surface area contributed by atoms with E-state index in [1.807, 2.05) is 43.3 Å². The molecule has 3 rings (SSSR count). The number of nitrogens with zero attached hydrogens (tertiary/aromatic N) is 2. The summed E-state index contributed by atoms with van der Waals surface area (Å²) < 4.78 is 11.3. The molecule has 0 spiro atoms. The molecule has 9 nitrogen and oxygen atoms in total. The molecule has 2 atom stereocenters. The van der Waals surface area contributed by atoms with Crippen LogP contribution in [0.4, 0.5) is 0 Å². The second kappa shape index (κ2) is 12.9.